The van der Waals surface area contributed by atoms with Gasteiger partial charge in [0.2, 0.25) is 0 Å². The molecule has 0 aromatic carbocycles. The van der Waals surface area contributed by atoms with E-state index in [1.54, 1.807) is 13.2 Å². The Balaban J connectivity index is 2.03. The Morgan fingerprint density at radius 3 is 2.50 bits per heavy atom. The van der Waals surface area contributed by atoms with Crippen LogP contribution in [-0.2, 0) is 7.05 Å². The van der Waals surface area contributed by atoms with Gasteiger partial charge in [-0.25, -0.2) is 4.68 Å². The van der Waals surface area contributed by atoms with Crippen molar-refractivity contribution in [1.82, 2.24) is 19.6 Å². The van der Waals surface area contributed by atoms with Crippen LogP contribution in [0.3, 0.4) is 0 Å². The summed E-state index contributed by atoms with van der Waals surface area (Å²) < 4.78 is 1.88. The van der Waals surface area contributed by atoms with E-state index in [0.717, 1.165) is 38.4 Å². The molecular formula is C15H26BrN5O. The minimum absolute atomic E-state index is 0.120. The number of nitrogens with zero attached hydrogens (tertiary/aromatic N) is 4. The summed E-state index contributed by atoms with van der Waals surface area (Å²) in [5.74, 6) is 0.550. The number of hydrogen-bond donors (Lipinski definition) is 1. The summed E-state index contributed by atoms with van der Waals surface area (Å²) in [6, 6.07) is 0.449. The number of aromatic nitrogens is 2. The van der Waals surface area contributed by atoms with Gasteiger partial charge in [-0.05, 0) is 28.9 Å². The molecule has 1 aliphatic heterocycles. The number of piperazine rings is 1. The molecule has 0 aliphatic carbocycles. The second-order valence-corrected chi connectivity index (χ2v) is 7.13. The molecule has 1 aromatic rings. The lowest BCUT2D eigenvalue weighted by atomic mass is 10.0. The molecule has 0 radical (unpaired) electrons. The molecule has 0 spiro atoms. The minimum atomic E-state index is -0.120. The highest BCUT2D eigenvalue weighted by atomic mass is 79.9. The van der Waals surface area contributed by atoms with Gasteiger partial charge in [0, 0.05) is 45.8 Å². The molecule has 2 heterocycles. The maximum absolute atomic E-state index is 11.9. The van der Waals surface area contributed by atoms with Crippen LogP contribution in [0.2, 0.25) is 0 Å². The summed E-state index contributed by atoms with van der Waals surface area (Å²) in [5.41, 5.74) is 0.647. The van der Waals surface area contributed by atoms with Crippen molar-refractivity contribution in [2.75, 3.05) is 45.1 Å². The van der Waals surface area contributed by atoms with Gasteiger partial charge in [0.1, 0.15) is 4.47 Å². The first-order chi connectivity index (χ1) is 10.4. The summed E-state index contributed by atoms with van der Waals surface area (Å²) in [7, 11) is 3.82. The summed E-state index contributed by atoms with van der Waals surface area (Å²) in [6.45, 7) is 9.73. The molecule has 1 atom stereocenters. The van der Waals surface area contributed by atoms with Crippen LogP contribution in [0.25, 0.3) is 0 Å². The van der Waals surface area contributed by atoms with Crippen molar-refractivity contribution in [3.8, 4) is 0 Å². The molecule has 0 amide bonds. The predicted molar refractivity (Wildman–Crippen MR) is 93.4 cm³/mol. The van der Waals surface area contributed by atoms with Gasteiger partial charge in [0.05, 0.1) is 11.9 Å². The van der Waals surface area contributed by atoms with E-state index < -0.39 is 0 Å². The van der Waals surface area contributed by atoms with E-state index in [4.69, 9.17) is 0 Å². The average molecular weight is 372 g/mol. The Morgan fingerprint density at radius 2 is 1.91 bits per heavy atom. The molecule has 1 N–H and O–H groups in total. The van der Waals surface area contributed by atoms with Gasteiger partial charge in [-0.15, -0.1) is 0 Å². The van der Waals surface area contributed by atoms with Crippen LogP contribution in [0.5, 0.6) is 0 Å². The normalized spacial score (nSPS) is 18.6. The number of halogens is 1. The fourth-order valence-corrected chi connectivity index (χ4v) is 3.29. The summed E-state index contributed by atoms with van der Waals surface area (Å²) in [5, 5.41) is 7.47. The first-order valence-electron chi connectivity index (χ1n) is 7.78. The van der Waals surface area contributed by atoms with Gasteiger partial charge in [0.15, 0.2) is 0 Å². The number of hydrogen-bond acceptors (Lipinski definition) is 5. The van der Waals surface area contributed by atoms with Gasteiger partial charge in [-0.3, -0.25) is 9.69 Å². The minimum Gasteiger partial charge on any atom is -0.381 e. The molecule has 0 saturated carbocycles. The van der Waals surface area contributed by atoms with Crippen molar-refractivity contribution in [1.29, 1.82) is 0 Å². The lowest BCUT2D eigenvalue weighted by Crippen LogP contribution is -2.52. The molecule has 124 valence electrons. The number of aryl methyl sites for hydroxylation is 1. The SMILES string of the molecule is CC(C)C(CNc1cnn(C)c(=O)c1Br)N1CCN(C)CC1. The van der Waals surface area contributed by atoms with Gasteiger partial charge in [-0.2, -0.15) is 5.10 Å². The fraction of sp³-hybridized carbons (Fsp3) is 0.733. The maximum atomic E-state index is 11.9. The average Bonchev–Trinajstić information content (AvgIpc) is 2.48. The zero-order valence-corrected chi connectivity index (χ0v) is 15.4. The summed E-state index contributed by atoms with van der Waals surface area (Å²) >= 11 is 3.37. The van der Waals surface area contributed by atoms with Gasteiger partial charge in [0.25, 0.3) is 5.56 Å². The van der Waals surface area contributed by atoms with Crippen molar-refractivity contribution in [2.24, 2.45) is 13.0 Å². The third-order valence-electron chi connectivity index (χ3n) is 4.36. The molecule has 6 nitrogen and oxygen atoms in total. The van der Waals surface area contributed by atoms with E-state index >= 15 is 0 Å². The van der Waals surface area contributed by atoms with E-state index in [1.165, 1.54) is 4.68 Å². The van der Waals surface area contributed by atoms with Crippen LogP contribution < -0.4 is 10.9 Å². The molecule has 1 fully saturated rings. The second kappa shape index (κ2) is 7.57. The van der Waals surface area contributed by atoms with Crippen molar-refractivity contribution >= 4 is 21.6 Å². The number of nitrogens with one attached hydrogen (secondary N) is 1. The van der Waals surface area contributed by atoms with Crippen LogP contribution in [0.15, 0.2) is 15.5 Å². The molecule has 1 saturated heterocycles. The predicted octanol–water partition coefficient (Wildman–Crippen LogP) is 1.23. The Labute approximate surface area is 140 Å². The summed E-state index contributed by atoms with van der Waals surface area (Å²) in [6.07, 6.45) is 1.70. The van der Waals surface area contributed by atoms with Gasteiger partial charge < -0.3 is 10.2 Å². The van der Waals surface area contributed by atoms with Crippen molar-refractivity contribution in [3.63, 3.8) is 0 Å². The molecule has 2 rings (SSSR count). The van der Waals surface area contributed by atoms with Crippen molar-refractivity contribution in [3.05, 3.63) is 21.0 Å². The lowest BCUT2D eigenvalue weighted by molar-refractivity contribution is 0.0944. The fourth-order valence-electron chi connectivity index (χ4n) is 2.79. The Bertz CT molecular complexity index is 551. The van der Waals surface area contributed by atoms with Gasteiger partial charge >= 0.3 is 0 Å². The highest BCUT2D eigenvalue weighted by Crippen LogP contribution is 2.19. The molecule has 1 aliphatic rings. The Morgan fingerprint density at radius 1 is 1.27 bits per heavy atom. The first kappa shape index (κ1) is 17.4. The molecule has 1 unspecified atom stereocenters. The number of anilines is 1. The second-order valence-electron chi connectivity index (χ2n) is 6.33. The molecule has 7 heteroatoms. The molecule has 22 heavy (non-hydrogen) atoms. The van der Waals surface area contributed by atoms with E-state index in [-0.39, 0.29) is 5.56 Å². The molecule has 1 aromatic heterocycles. The van der Waals surface area contributed by atoms with Crippen LogP contribution in [0.1, 0.15) is 13.8 Å². The maximum Gasteiger partial charge on any atom is 0.282 e. The third-order valence-corrected chi connectivity index (χ3v) is 5.12. The first-order valence-corrected chi connectivity index (χ1v) is 8.57. The van der Waals surface area contributed by atoms with Gasteiger partial charge in [-0.1, -0.05) is 13.8 Å². The van der Waals surface area contributed by atoms with Crippen LogP contribution in [0.4, 0.5) is 5.69 Å². The van der Waals surface area contributed by atoms with Crippen LogP contribution >= 0.6 is 15.9 Å². The number of rotatable bonds is 5. The van der Waals surface area contributed by atoms with E-state index in [9.17, 15) is 4.79 Å². The number of likely N-dealkylation sites (N-methyl/N-ethyl adjacent to an activating group) is 1. The highest BCUT2D eigenvalue weighted by molar-refractivity contribution is 9.10. The zero-order valence-electron chi connectivity index (χ0n) is 13.8. The van der Waals surface area contributed by atoms with Crippen LogP contribution in [-0.4, -0.2) is 65.4 Å². The van der Waals surface area contributed by atoms with E-state index in [2.05, 4.69) is 57.0 Å². The van der Waals surface area contributed by atoms with E-state index in [1.807, 2.05) is 0 Å². The zero-order chi connectivity index (χ0) is 16.3. The topological polar surface area (TPSA) is 53.4 Å². The molecular weight excluding hydrogens is 346 g/mol. The third kappa shape index (κ3) is 4.08. The standard InChI is InChI=1S/C15H26BrN5O/c1-11(2)13(21-7-5-19(3)6-8-21)10-17-12-9-18-20(4)15(22)14(12)16/h9,11,13,17H,5-8,10H2,1-4H3. The highest BCUT2D eigenvalue weighted by Gasteiger charge is 2.25. The smallest absolute Gasteiger partial charge is 0.282 e. The van der Waals surface area contributed by atoms with E-state index in [0.29, 0.717) is 16.4 Å². The Kier molecular flexibility index (Phi) is 6.00. The lowest BCUT2D eigenvalue weighted by Gasteiger charge is -2.40. The monoisotopic (exact) mass is 371 g/mol. The van der Waals surface area contributed by atoms with Crippen LogP contribution in [0, 0.1) is 5.92 Å². The van der Waals surface area contributed by atoms with Crippen molar-refractivity contribution < 1.29 is 0 Å². The largest absolute Gasteiger partial charge is 0.381 e. The quantitative estimate of drug-likeness (QED) is 0.843. The molecule has 0 bridgehead atoms. The summed E-state index contributed by atoms with van der Waals surface area (Å²) in [4.78, 5) is 16.8. The van der Waals surface area contributed by atoms with Crippen molar-refractivity contribution in [2.45, 2.75) is 19.9 Å². The Hall–Kier alpha value is -0.920.